The van der Waals surface area contributed by atoms with Crippen molar-refractivity contribution in [3.8, 4) is 11.5 Å². The molecule has 166 valence electrons. The lowest BCUT2D eigenvalue weighted by Gasteiger charge is -2.34. The quantitative estimate of drug-likeness (QED) is 0.458. The van der Waals surface area contributed by atoms with Gasteiger partial charge >= 0.3 is 0 Å². The van der Waals surface area contributed by atoms with Gasteiger partial charge in [0.1, 0.15) is 19.0 Å². The highest BCUT2D eigenvalue weighted by atomic mass is 16.5. The number of ether oxygens (including phenoxy) is 2. The molecule has 6 heteroatoms. The van der Waals surface area contributed by atoms with Crippen LogP contribution in [0.2, 0.25) is 0 Å². The van der Waals surface area contributed by atoms with Crippen LogP contribution in [-0.2, 0) is 17.9 Å². The Bertz CT molecular complexity index is 1000. The molecule has 0 aliphatic carbocycles. The van der Waals surface area contributed by atoms with Gasteiger partial charge in [-0.3, -0.25) is 4.79 Å². The third kappa shape index (κ3) is 5.01. The van der Waals surface area contributed by atoms with E-state index in [0.717, 1.165) is 23.9 Å². The first-order chi connectivity index (χ1) is 15.0. The molecule has 0 aliphatic rings. The maximum Gasteiger partial charge on any atom is 0.243 e. The van der Waals surface area contributed by atoms with Gasteiger partial charge in [0.15, 0.2) is 11.5 Å². The summed E-state index contributed by atoms with van der Waals surface area (Å²) >= 11 is 0. The van der Waals surface area contributed by atoms with Gasteiger partial charge in [-0.05, 0) is 51.0 Å². The number of para-hydroxylation sites is 4. The number of nitrogens with zero attached hydrogens (tertiary/aromatic N) is 3. The van der Waals surface area contributed by atoms with Crippen molar-refractivity contribution < 1.29 is 14.3 Å². The summed E-state index contributed by atoms with van der Waals surface area (Å²) in [6.45, 7) is 8.94. The molecule has 0 saturated carbocycles. The van der Waals surface area contributed by atoms with Crippen molar-refractivity contribution in [3.05, 3.63) is 54.4 Å². The smallest absolute Gasteiger partial charge is 0.243 e. The summed E-state index contributed by atoms with van der Waals surface area (Å²) < 4.78 is 13.4. The summed E-state index contributed by atoms with van der Waals surface area (Å²) in [5.74, 6) is 2.14. The Morgan fingerprint density at radius 1 is 1.00 bits per heavy atom. The molecule has 2 unspecified atom stereocenters. The Morgan fingerprint density at radius 3 is 2.26 bits per heavy atom. The molecule has 1 aromatic heterocycles. The SMILES string of the molecule is CCC(C)N(C(=O)Cn1c(COc2ccccc2OC)nc2ccccc21)C(C)CC. The first kappa shape index (κ1) is 22.7. The topological polar surface area (TPSA) is 56.6 Å². The van der Waals surface area contributed by atoms with Gasteiger partial charge in [0, 0.05) is 12.1 Å². The van der Waals surface area contributed by atoms with Crippen LogP contribution >= 0.6 is 0 Å². The standard InChI is InChI=1S/C25H33N3O3/c1-6-18(3)28(19(4)7-2)25(29)16-27-21-13-9-8-12-20(21)26-24(27)17-31-23-15-11-10-14-22(23)30-5/h8-15,18-19H,6-7,16-17H2,1-5H3. The molecule has 3 aromatic rings. The van der Waals surface area contributed by atoms with Crippen LogP contribution in [0.3, 0.4) is 0 Å². The second-order valence-corrected chi connectivity index (χ2v) is 7.86. The molecule has 2 atom stereocenters. The van der Waals surface area contributed by atoms with E-state index < -0.39 is 0 Å². The van der Waals surface area contributed by atoms with Gasteiger partial charge in [-0.1, -0.05) is 38.1 Å². The average molecular weight is 424 g/mol. The zero-order valence-electron chi connectivity index (χ0n) is 19.2. The van der Waals surface area contributed by atoms with Crippen molar-refractivity contribution in [2.24, 2.45) is 0 Å². The third-order valence-electron chi connectivity index (χ3n) is 5.87. The van der Waals surface area contributed by atoms with E-state index in [9.17, 15) is 4.79 Å². The van der Waals surface area contributed by atoms with E-state index in [0.29, 0.717) is 17.3 Å². The molecule has 1 amide bonds. The number of hydrogen-bond donors (Lipinski definition) is 0. The van der Waals surface area contributed by atoms with Crippen LogP contribution in [0.5, 0.6) is 11.5 Å². The minimum absolute atomic E-state index is 0.102. The first-order valence-electron chi connectivity index (χ1n) is 11.0. The summed E-state index contributed by atoms with van der Waals surface area (Å²) in [6, 6.07) is 15.8. The molecule has 0 fully saturated rings. The zero-order chi connectivity index (χ0) is 22.4. The number of benzene rings is 2. The van der Waals surface area contributed by atoms with Crippen molar-refractivity contribution >= 4 is 16.9 Å². The highest BCUT2D eigenvalue weighted by Crippen LogP contribution is 2.27. The first-order valence-corrected chi connectivity index (χ1v) is 11.0. The van der Waals surface area contributed by atoms with Gasteiger partial charge in [0.25, 0.3) is 0 Å². The van der Waals surface area contributed by atoms with Crippen LogP contribution in [0.4, 0.5) is 0 Å². The predicted molar refractivity (Wildman–Crippen MR) is 123 cm³/mol. The normalized spacial score (nSPS) is 13.1. The van der Waals surface area contributed by atoms with E-state index in [-0.39, 0.29) is 31.1 Å². The maximum absolute atomic E-state index is 13.4. The van der Waals surface area contributed by atoms with Crippen LogP contribution in [0, 0.1) is 0 Å². The lowest BCUT2D eigenvalue weighted by atomic mass is 10.1. The molecule has 0 radical (unpaired) electrons. The van der Waals surface area contributed by atoms with Crippen molar-refractivity contribution in [1.29, 1.82) is 0 Å². The predicted octanol–water partition coefficient (Wildman–Crippen LogP) is 5.05. The van der Waals surface area contributed by atoms with Gasteiger partial charge in [0.2, 0.25) is 5.91 Å². The lowest BCUT2D eigenvalue weighted by molar-refractivity contribution is -0.136. The molecular weight excluding hydrogens is 390 g/mol. The Morgan fingerprint density at radius 2 is 1.61 bits per heavy atom. The molecule has 3 rings (SSSR count). The van der Waals surface area contributed by atoms with Crippen LogP contribution in [0.15, 0.2) is 48.5 Å². The minimum atomic E-state index is 0.102. The summed E-state index contributed by atoms with van der Waals surface area (Å²) in [5, 5.41) is 0. The summed E-state index contributed by atoms with van der Waals surface area (Å²) in [7, 11) is 1.62. The fraction of sp³-hybridized carbons (Fsp3) is 0.440. The second-order valence-electron chi connectivity index (χ2n) is 7.86. The highest BCUT2D eigenvalue weighted by Gasteiger charge is 2.25. The van der Waals surface area contributed by atoms with E-state index >= 15 is 0 Å². The number of aromatic nitrogens is 2. The number of imidazole rings is 1. The maximum atomic E-state index is 13.4. The molecule has 1 heterocycles. The molecule has 31 heavy (non-hydrogen) atoms. The van der Waals surface area contributed by atoms with E-state index in [1.807, 2.05) is 58.0 Å². The molecule has 0 aliphatic heterocycles. The van der Waals surface area contributed by atoms with Gasteiger partial charge in [-0.2, -0.15) is 0 Å². The third-order valence-corrected chi connectivity index (χ3v) is 5.87. The van der Waals surface area contributed by atoms with Crippen molar-refractivity contribution in [2.45, 2.75) is 65.8 Å². The molecule has 0 N–H and O–H groups in total. The van der Waals surface area contributed by atoms with Crippen molar-refractivity contribution in [2.75, 3.05) is 7.11 Å². The van der Waals surface area contributed by atoms with Gasteiger partial charge in [-0.25, -0.2) is 4.98 Å². The minimum Gasteiger partial charge on any atom is -0.493 e. The fourth-order valence-corrected chi connectivity index (χ4v) is 3.83. The fourth-order valence-electron chi connectivity index (χ4n) is 3.83. The number of amides is 1. The summed E-state index contributed by atoms with van der Waals surface area (Å²) in [6.07, 6.45) is 1.84. The largest absolute Gasteiger partial charge is 0.493 e. The summed E-state index contributed by atoms with van der Waals surface area (Å²) in [5.41, 5.74) is 1.79. The van der Waals surface area contributed by atoms with Crippen LogP contribution in [0.1, 0.15) is 46.4 Å². The molecule has 0 spiro atoms. The van der Waals surface area contributed by atoms with Gasteiger partial charge in [-0.15, -0.1) is 0 Å². The molecule has 2 aromatic carbocycles. The molecule has 0 bridgehead atoms. The van der Waals surface area contributed by atoms with Crippen molar-refractivity contribution in [1.82, 2.24) is 14.5 Å². The second kappa shape index (κ2) is 10.3. The van der Waals surface area contributed by atoms with Crippen LogP contribution in [0.25, 0.3) is 11.0 Å². The Labute approximate surface area is 184 Å². The van der Waals surface area contributed by atoms with E-state index in [2.05, 4.69) is 27.7 Å². The number of carbonyl (C=O) groups is 1. The molecule has 0 saturated heterocycles. The van der Waals surface area contributed by atoms with Crippen LogP contribution < -0.4 is 9.47 Å². The van der Waals surface area contributed by atoms with E-state index in [1.54, 1.807) is 7.11 Å². The molecule has 6 nitrogen and oxygen atoms in total. The lowest BCUT2D eigenvalue weighted by Crippen LogP contribution is -2.45. The summed E-state index contributed by atoms with van der Waals surface area (Å²) in [4.78, 5) is 20.2. The number of carbonyl (C=O) groups excluding carboxylic acids is 1. The van der Waals surface area contributed by atoms with Gasteiger partial charge < -0.3 is 18.9 Å². The number of rotatable bonds is 10. The van der Waals surface area contributed by atoms with E-state index in [1.165, 1.54) is 0 Å². The van der Waals surface area contributed by atoms with Crippen LogP contribution in [-0.4, -0.2) is 39.6 Å². The Kier molecular flexibility index (Phi) is 7.55. The highest BCUT2D eigenvalue weighted by molar-refractivity contribution is 5.81. The zero-order valence-corrected chi connectivity index (χ0v) is 19.2. The number of methoxy groups -OCH3 is 1. The Balaban J connectivity index is 1.91. The molecular formula is C25H33N3O3. The number of hydrogen-bond acceptors (Lipinski definition) is 4. The average Bonchev–Trinajstić information content (AvgIpc) is 3.14. The van der Waals surface area contributed by atoms with E-state index in [4.69, 9.17) is 14.5 Å². The monoisotopic (exact) mass is 423 g/mol. The number of fused-ring (bicyclic) bond motifs is 1. The van der Waals surface area contributed by atoms with Gasteiger partial charge in [0.05, 0.1) is 18.1 Å². The Hall–Kier alpha value is -3.02. The van der Waals surface area contributed by atoms with Crippen molar-refractivity contribution in [3.63, 3.8) is 0 Å².